The molecule has 6 nitrogen and oxygen atoms in total. The molecule has 2 unspecified atom stereocenters. The van der Waals surface area contributed by atoms with Gasteiger partial charge in [0.2, 0.25) is 0 Å². The molecule has 3 aromatic heterocycles. The van der Waals surface area contributed by atoms with Crippen LogP contribution < -0.4 is 16.0 Å². The lowest BCUT2D eigenvalue weighted by molar-refractivity contribution is -0.137. The van der Waals surface area contributed by atoms with E-state index in [0.29, 0.717) is 34.5 Å². The summed E-state index contributed by atoms with van der Waals surface area (Å²) in [7, 11) is 0. The molecule has 0 aromatic carbocycles. The number of nitrogens with one attached hydrogen (secondary N) is 1. The number of hydrogen-bond acceptors (Lipinski definition) is 6. The minimum atomic E-state index is -4.74. The molecule has 2 fully saturated rings. The fourth-order valence-corrected chi connectivity index (χ4v) is 5.11. The van der Waals surface area contributed by atoms with Crippen molar-refractivity contribution in [2.45, 2.75) is 51.9 Å². The fraction of sp³-hybridized carbons (Fsp3) is 0.435. The summed E-state index contributed by atoms with van der Waals surface area (Å²) < 4.78 is 57.5. The molecule has 0 amide bonds. The number of aromatic nitrogens is 3. The van der Waals surface area contributed by atoms with Gasteiger partial charge in [0.05, 0.1) is 5.56 Å². The second-order valence-corrected chi connectivity index (χ2v) is 8.98. The van der Waals surface area contributed by atoms with Crippen molar-refractivity contribution >= 4 is 22.4 Å². The predicted molar refractivity (Wildman–Crippen MR) is 119 cm³/mol. The molecule has 10 heteroatoms. The average Bonchev–Trinajstić information content (AvgIpc) is 3.06. The third-order valence-corrected chi connectivity index (χ3v) is 6.71. The van der Waals surface area contributed by atoms with Crippen LogP contribution in [0.4, 0.5) is 29.2 Å². The fourth-order valence-electron chi connectivity index (χ4n) is 5.11. The molecule has 33 heavy (non-hydrogen) atoms. The number of piperazine rings is 1. The predicted octanol–water partition coefficient (Wildman–Crippen LogP) is 4.30. The Morgan fingerprint density at radius 3 is 2.36 bits per heavy atom. The number of nitrogens with two attached hydrogens (primary N) is 1. The molecular weight excluding hydrogens is 436 g/mol. The van der Waals surface area contributed by atoms with Gasteiger partial charge in [-0.2, -0.15) is 13.2 Å². The van der Waals surface area contributed by atoms with Crippen molar-refractivity contribution in [2.75, 3.05) is 23.7 Å². The molecule has 2 aliphatic rings. The van der Waals surface area contributed by atoms with Gasteiger partial charge in [0.1, 0.15) is 23.0 Å². The summed E-state index contributed by atoms with van der Waals surface area (Å²) in [6.07, 6.45) is -1.19. The lowest BCUT2D eigenvalue weighted by atomic mass is 10.00. The molecule has 5 heterocycles. The number of pyridine rings is 3. The number of aryl methyl sites for hydroxylation is 3. The van der Waals surface area contributed by atoms with E-state index in [1.807, 2.05) is 0 Å². The number of anilines is 2. The number of nitrogens with zero attached hydrogens (tertiary/aromatic N) is 4. The Hall–Kier alpha value is -3.01. The molecule has 0 aliphatic carbocycles. The van der Waals surface area contributed by atoms with Crippen LogP contribution in [0.5, 0.6) is 0 Å². The molecule has 3 aromatic rings. The van der Waals surface area contributed by atoms with E-state index in [0.717, 1.165) is 32.0 Å². The van der Waals surface area contributed by atoms with Crippen molar-refractivity contribution in [1.82, 2.24) is 20.3 Å². The largest absolute Gasteiger partial charge is 0.418 e. The summed E-state index contributed by atoms with van der Waals surface area (Å²) in [4.78, 5) is 14.8. The van der Waals surface area contributed by atoms with E-state index >= 15 is 4.39 Å². The zero-order valence-electron chi connectivity index (χ0n) is 18.5. The Morgan fingerprint density at radius 1 is 1.06 bits per heavy atom. The molecular formula is C23H24F4N6. The molecule has 0 saturated carbocycles. The van der Waals surface area contributed by atoms with Crippen LogP contribution in [-0.2, 0) is 6.18 Å². The highest BCUT2D eigenvalue weighted by molar-refractivity contribution is 5.97. The van der Waals surface area contributed by atoms with Crippen molar-refractivity contribution in [3.8, 4) is 11.4 Å². The first-order chi connectivity index (χ1) is 15.5. The number of nitrogen functional groups attached to an aromatic ring is 1. The van der Waals surface area contributed by atoms with Gasteiger partial charge in [-0.25, -0.2) is 14.4 Å². The van der Waals surface area contributed by atoms with Crippen LogP contribution >= 0.6 is 0 Å². The minimum Gasteiger partial charge on any atom is -0.384 e. The topological polar surface area (TPSA) is 80.0 Å². The molecule has 174 valence electrons. The molecule has 0 radical (unpaired) electrons. The molecule has 0 spiro atoms. The quantitative estimate of drug-likeness (QED) is 0.556. The summed E-state index contributed by atoms with van der Waals surface area (Å²) in [6.45, 7) is 6.24. The zero-order chi connectivity index (χ0) is 23.7. The smallest absolute Gasteiger partial charge is 0.384 e. The molecule has 2 aliphatic heterocycles. The summed E-state index contributed by atoms with van der Waals surface area (Å²) in [6, 6.07) is 1.81. The van der Waals surface area contributed by atoms with Gasteiger partial charge in [0.15, 0.2) is 5.82 Å². The molecule has 2 saturated heterocycles. The first-order valence-corrected chi connectivity index (χ1v) is 10.9. The summed E-state index contributed by atoms with van der Waals surface area (Å²) in [5, 5.41) is 4.24. The molecule has 5 rings (SSSR count). The van der Waals surface area contributed by atoms with Crippen LogP contribution in [0.1, 0.15) is 35.2 Å². The van der Waals surface area contributed by atoms with E-state index in [4.69, 9.17) is 10.7 Å². The Balaban J connectivity index is 1.74. The van der Waals surface area contributed by atoms with Crippen molar-refractivity contribution in [3.05, 3.63) is 40.5 Å². The number of fused-ring (bicyclic) bond motifs is 3. The Labute approximate surface area is 188 Å². The van der Waals surface area contributed by atoms with Crippen LogP contribution in [0.3, 0.4) is 0 Å². The first-order valence-electron chi connectivity index (χ1n) is 10.9. The van der Waals surface area contributed by atoms with Crippen LogP contribution in [0.2, 0.25) is 0 Å². The SMILES string of the molecule is Cc1cc(N)nc(-c2ncc3c(N4CC5CCC(C4)N5)nc(C)c(C)c3c2F)c1C(F)(F)F. The van der Waals surface area contributed by atoms with Gasteiger partial charge in [-0.1, -0.05) is 0 Å². The summed E-state index contributed by atoms with van der Waals surface area (Å²) in [5.41, 5.74) is 4.66. The lowest BCUT2D eigenvalue weighted by Crippen LogP contribution is -2.51. The second kappa shape index (κ2) is 7.51. The van der Waals surface area contributed by atoms with Gasteiger partial charge in [-0.05, 0) is 50.8 Å². The first kappa shape index (κ1) is 21.8. The zero-order valence-corrected chi connectivity index (χ0v) is 18.5. The number of halogens is 4. The van der Waals surface area contributed by atoms with Crippen molar-refractivity contribution in [2.24, 2.45) is 0 Å². The van der Waals surface area contributed by atoms with E-state index < -0.39 is 28.9 Å². The number of alkyl halides is 3. The normalized spacial score (nSPS) is 20.6. The van der Waals surface area contributed by atoms with Gasteiger partial charge in [0.25, 0.3) is 0 Å². The highest BCUT2D eigenvalue weighted by Gasteiger charge is 2.39. The van der Waals surface area contributed by atoms with Crippen molar-refractivity contribution in [1.29, 1.82) is 0 Å². The Morgan fingerprint density at radius 2 is 1.73 bits per heavy atom. The highest BCUT2D eigenvalue weighted by Crippen LogP contribution is 2.41. The molecule has 2 bridgehead atoms. The van der Waals surface area contributed by atoms with Gasteiger partial charge < -0.3 is 16.0 Å². The van der Waals surface area contributed by atoms with Crippen molar-refractivity contribution in [3.63, 3.8) is 0 Å². The van der Waals surface area contributed by atoms with Gasteiger partial charge in [0, 0.05) is 47.8 Å². The van der Waals surface area contributed by atoms with E-state index in [1.165, 1.54) is 13.1 Å². The number of hydrogen-bond donors (Lipinski definition) is 2. The molecule has 3 N–H and O–H groups in total. The summed E-state index contributed by atoms with van der Waals surface area (Å²) >= 11 is 0. The second-order valence-electron chi connectivity index (χ2n) is 8.98. The van der Waals surface area contributed by atoms with E-state index in [-0.39, 0.29) is 16.8 Å². The third-order valence-electron chi connectivity index (χ3n) is 6.71. The number of rotatable bonds is 2. The monoisotopic (exact) mass is 460 g/mol. The minimum absolute atomic E-state index is 0.128. The van der Waals surface area contributed by atoms with Gasteiger partial charge in [-0.15, -0.1) is 0 Å². The van der Waals surface area contributed by atoms with Crippen molar-refractivity contribution < 1.29 is 17.6 Å². The maximum Gasteiger partial charge on any atom is 0.418 e. The Bertz CT molecular complexity index is 1260. The van der Waals surface area contributed by atoms with Crippen LogP contribution in [-0.4, -0.2) is 40.1 Å². The van der Waals surface area contributed by atoms with Crippen LogP contribution in [0.15, 0.2) is 12.3 Å². The standard InChI is InChI=1S/C23H24F4N6/c1-10-6-16(28)32-20(18(10)23(25,26)27)21-19(24)17-11(2)12(3)30-22(15(17)7-29-21)33-8-13-4-5-14(9-33)31-13/h6-7,13-14,31H,4-5,8-9H2,1-3H3,(H2,28,32). The summed E-state index contributed by atoms with van der Waals surface area (Å²) in [5.74, 6) is -0.369. The lowest BCUT2D eigenvalue weighted by Gasteiger charge is -2.34. The molecule has 2 atom stereocenters. The van der Waals surface area contributed by atoms with E-state index in [1.54, 1.807) is 13.8 Å². The van der Waals surface area contributed by atoms with E-state index in [2.05, 4.69) is 20.2 Å². The maximum absolute atomic E-state index is 16.0. The maximum atomic E-state index is 16.0. The van der Waals surface area contributed by atoms with Gasteiger partial charge in [-0.3, -0.25) is 4.98 Å². The van der Waals surface area contributed by atoms with E-state index in [9.17, 15) is 13.2 Å². The Kier molecular flexibility index (Phi) is 4.97. The van der Waals surface area contributed by atoms with Crippen LogP contribution in [0.25, 0.3) is 22.2 Å². The third kappa shape index (κ3) is 3.56. The van der Waals surface area contributed by atoms with Crippen LogP contribution in [0, 0.1) is 26.6 Å². The van der Waals surface area contributed by atoms with Gasteiger partial charge >= 0.3 is 6.18 Å². The highest BCUT2D eigenvalue weighted by atomic mass is 19.4. The average molecular weight is 460 g/mol.